The molecule has 0 radical (unpaired) electrons. The van der Waals surface area contributed by atoms with Crippen LogP contribution >= 0.6 is 0 Å². The summed E-state index contributed by atoms with van der Waals surface area (Å²) in [5, 5.41) is 11.0. The molecule has 11 heteroatoms. The molecule has 5 rings (SSSR count). The Kier molecular flexibility index (Phi) is 6.23. The molecule has 186 valence electrons. The van der Waals surface area contributed by atoms with Crippen LogP contribution in [0.1, 0.15) is 24.0 Å². The van der Waals surface area contributed by atoms with Crippen LogP contribution in [-0.4, -0.2) is 39.3 Å². The Hall–Kier alpha value is -4.12. The van der Waals surface area contributed by atoms with Gasteiger partial charge >= 0.3 is 6.18 Å². The van der Waals surface area contributed by atoms with E-state index in [-0.39, 0.29) is 11.9 Å². The molecule has 36 heavy (non-hydrogen) atoms. The third-order valence-corrected chi connectivity index (χ3v) is 5.96. The zero-order chi connectivity index (χ0) is 25.3. The fourth-order valence-electron chi connectivity index (χ4n) is 4.18. The second-order valence-electron chi connectivity index (χ2n) is 8.59. The van der Waals surface area contributed by atoms with Crippen molar-refractivity contribution in [2.24, 2.45) is 5.73 Å². The van der Waals surface area contributed by atoms with E-state index in [1.54, 1.807) is 36.5 Å². The fraction of sp³-hybridized carbons (Fsp3) is 0.240. The average molecular weight is 496 g/mol. The van der Waals surface area contributed by atoms with Crippen LogP contribution in [0, 0.1) is 0 Å². The molecule has 1 aromatic carbocycles. The summed E-state index contributed by atoms with van der Waals surface area (Å²) in [6.07, 6.45) is 0.265. The van der Waals surface area contributed by atoms with E-state index >= 15 is 0 Å². The molecule has 1 aliphatic heterocycles. The molecule has 8 nitrogen and oxygen atoms in total. The number of benzene rings is 1. The summed E-state index contributed by atoms with van der Waals surface area (Å²) in [7, 11) is 0. The van der Waals surface area contributed by atoms with E-state index in [1.807, 2.05) is 0 Å². The summed E-state index contributed by atoms with van der Waals surface area (Å²) >= 11 is 0. The summed E-state index contributed by atoms with van der Waals surface area (Å²) < 4.78 is 45.1. The lowest BCUT2D eigenvalue weighted by Gasteiger charge is -2.31. The molecule has 4 heterocycles. The molecular formula is C25H24F3N7O. The first-order valence-corrected chi connectivity index (χ1v) is 11.4. The van der Waals surface area contributed by atoms with Gasteiger partial charge in [-0.3, -0.25) is 5.10 Å². The lowest BCUT2D eigenvalue weighted by Crippen LogP contribution is -2.43. The Morgan fingerprint density at radius 1 is 1.14 bits per heavy atom. The molecule has 0 amide bonds. The third kappa shape index (κ3) is 4.96. The number of aromatic nitrogens is 4. The van der Waals surface area contributed by atoms with Crippen molar-refractivity contribution in [2.45, 2.75) is 25.1 Å². The Bertz CT molecular complexity index is 1380. The van der Waals surface area contributed by atoms with Gasteiger partial charge in [0.25, 0.3) is 0 Å². The van der Waals surface area contributed by atoms with Gasteiger partial charge in [-0.1, -0.05) is 6.58 Å². The average Bonchev–Trinajstić information content (AvgIpc) is 3.29. The molecule has 1 saturated heterocycles. The Labute approximate surface area is 205 Å². The predicted molar refractivity (Wildman–Crippen MR) is 132 cm³/mol. The molecule has 0 bridgehead atoms. The minimum absolute atomic E-state index is 0.0549. The number of halogens is 3. The number of nitrogens with two attached hydrogens (primary N) is 1. The van der Waals surface area contributed by atoms with Crippen LogP contribution in [0.4, 0.5) is 24.8 Å². The summed E-state index contributed by atoms with van der Waals surface area (Å²) in [5.41, 5.74) is 7.06. The van der Waals surface area contributed by atoms with Gasteiger partial charge < -0.3 is 20.7 Å². The number of hydrogen-bond donors (Lipinski definition) is 3. The van der Waals surface area contributed by atoms with Crippen LogP contribution in [-0.2, 0) is 6.18 Å². The van der Waals surface area contributed by atoms with Crippen LogP contribution in [0.2, 0.25) is 0 Å². The fourth-order valence-corrected chi connectivity index (χ4v) is 4.18. The smallest absolute Gasteiger partial charge is 0.416 e. The van der Waals surface area contributed by atoms with Crippen molar-refractivity contribution < 1.29 is 17.9 Å². The first-order valence-electron chi connectivity index (χ1n) is 11.4. The minimum atomic E-state index is -4.45. The highest BCUT2D eigenvalue weighted by atomic mass is 19.4. The monoisotopic (exact) mass is 495 g/mol. The second-order valence-corrected chi connectivity index (χ2v) is 8.59. The largest absolute Gasteiger partial charge is 0.456 e. The normalized spacial score (nSPS) is 16.2. The third-order valence-electron chi connectivity index (χ3n) is 5.96. The molecule has 0 saturated carbocycles. The topological polar surface area (TPSA) is 105 Å². The van der Waals surface area contributed by atoms with Crippen molar-refractivity contribution in [3.05, 3.63) is 72.6 Å². The van der Waals surface area contributed by atoms with Gasteiger partial charge in [0.05, 0.1) is 5.56 Å². The van der Waals surface area contributed by atoms with Crippen molar-refractivity contribution in [3.8, 4) is 11.5 Å². The number of H-pyrrole nitrogens is 1. The molecule has 0 spiro atoms. The molecule has 4 aromatic rings. The number of hydrogen-bond acceptors (Lipinski definition) is 7. The van der Waals surface area contributed by atoms with E-state index in [0.717, 1.165) is 48.9 Å². The van der Waals surface area contributed by atoms with Crippen LogP contribution in [0.15, 0.2) is 61.4 Å². The second kappa shape index (κ2) is 9.50. The summed E-state index contributed by atoms with van der Waals surface area (Å²) in [5.74, 6) is 1.98. The molecule has 3 aromatic heterocycles. The van der Waals surface area contributed by atoms with Crippen LogP contribution in [0.25, 0.3) is 16.7 Å². The lowest BCUT2D eigenvalue weighted by atomic mass is 10.1. The Morgan fingerprint density at radius 2 is 1.92 bits per heavy atom. The number of aromatic amines is 1. The molecule has 1 atom stereocenters. The first kappa shape index (κ1) is 23.6. The maximum Gasteiger partial charge on any atom is 0.416 e. The van der Waals surface area contributed by atoms with E-state index in [0.29, 0.717) is 35.0 Å². The molecule has 1 aliphatic rings. The number of rotatable bonds is 6. The Balaban J connectivity index is 1.33. The zero-order valence-electron chi connectivity index (χ0n) is 19.2. The van der Waals surface area contributed by atoms with Gasteiger partial charge in [-0.15, -0.1) is 0 Å². The highest BCUT2D eigenvalue weighted by Gasteiger charge is 2.30. The minimum Gasteiger partial charge on any atom is -0.456 e. The summed E-state index contributed by atoms with van der Waals surface area (Å²) in [4.78, 5) is 10.4. The van der Waals surface area contributed by atoms with Crippen molar-refractivity contribution in [3.63, 3.8) is 0 Å². The van der Waals surface area contributed by atoms with Gasteiger partial charge in [0.2, 0.25) is 0 Å². The number of piperidine rings is 1. The number of anilines is 2. The number of nitrogens with one attached hydrogen (secondary N) is 2. The number of ether oxygens (including phenoxy) is 1. The standard InChI is InChI=1S/C25H24F3N7O/c1-15(32-21-13-17(8-10-30-21)25(26,27)28)16-4-6-19(7-5-16)36-20-9-11-31-23-22(20)24(34-33-23)35-12-2-3-18(29)14-35/h4-11,13,18H,1-3,12,14,29H2,(H,30,32)(H,31,33,34)/t18-/m1/s1. The van der Waals surface area contributed by atoms with Gasteiger partial charge in [0.15, 0.2) is 11.5 Å². The highest BCUT2D eigenvalue weighted by Crippen LogP contribution is 2.36. The quantitative estimate of drug-likeness (QED) is 0.339. The molecule has 4 N–H and O–H groups in total. The van der Waals surface area contributed by atoms with Crippen LogP contribution in [0.5, 0.6) is 11.5 Å². The van der Waals surface area contributed by atoms with Gasteiger partial charge in [-0.25, -0.2) is 9.97 Å². The summed E-state index contributed by atoms with van der Waals surface area (Å²) in [6, 6.07) is 10.8. The van der Waals surface area contributed by atoms with Crippen molar-refractivity contribution in [1.29, 1.82) is 0 Å². The molecule has 1 fully saturated rings. The molecule has 0 aliphatic carbocycles. The number of alkyl halides is 3. The lowest BCUT2D eigenvalue weighted by molar-refractivity contribution is -0.137. The van der Waals surface area contributed by atoms with Crippen molar-refractivity contribution >= 4 is 28.4 Å². The van der Waals surface area contributed by atoms with E-state index in [4.69, 9.17) is 10.5 Å². The zero-order valence-corrected chi connectivity index (χ0v) is 19.2. The summed E-state index contributed by atoms with van der Waals surface area (Å²) in [6.45, 7) is 5.48. The number of fused-ring (bicyclic) bond motifs is 1. The van der Waals surface area contributed by atoms with Gasteiger partial charge in [-0.05, 0) is 54.8 Å². The van der Waals surface area contributed by atoms with E-state index in [9.17, 15) is 13.2 Å². The molecular weight excluding hydrogens is 471 g/mol. The van der Waals surface area contributed by atoms with Crippen molar-refractivity contribution in [1.82, 2.24) is 20.2 Å². The van der Waals surface area contributed by atoms with Crippen LogP contribution in [0.3, 0.4) is 0 Å². The van der Waals surface area contributed by atoms with Crippen LogP contribution < -0.4 is 20.7 Å². The van der Waals surface area contributed by atoms with E-state index in [1.165, 1.54) is 0 Å². The SMILES string of the molecule is C=C(Nc1cc(C(F)(F)F)ccn1)c1ccc(Oc2ccnc3[nH]nc(N4CCC[C@@H](N)C4)c23)cc1. The highest BCUT2D eigenvalue weighted by molar-refractivity contribution is 5.93. The van der Waals surface area contributed by atoms with E-state index < -0.39 is 11.7 Å². The maximum atomic E-state index is 13.0. The Morgan fingerprint density at radius 3 is 2.67 bits per heavy atom. The first-order chi connectivity index (χ1) is 17.3. The number of nitrogens with zero attached hydrogens (tertiary/aromatic N) is 4. The van der Waals surface area contributed by atoms with Gasteiger partial charge in [0, 0.05) is 43.3 Å². The van der Waals surface area contributed by atoms with Crippen molar-refractivity contribution in [2.75, 3.05) is 23.3 Å². The predicted octanol–water partition coefficient (Wildman–Crippen LogP) is 5.17. The number of pyridine rings is 2. The van der Waals surface area contributed by atoms with Gasteiger partial charge in [0.1, 0.15) is 22.7 Å². The van der Waals surface area contributed by atoms with E-state index in [2.05, 4.69) is 37.0 Å². The van der Waals surface area contributed by atoms with Gasteiger partial charge in [-0.2, -0.15) is 18.3 Å². The maximum absolute atomic E-state index is 13.0. The molecule has 0 unspecified atom stereocenters.